The van der Waals surface area contributed by atoms with Crippen molar-refractivity contribution in [3.8, 4) is 0 Å². The van der Waals surface area contributed by atoms with Gasteiger partial charge in [-0.1, -0.05) is 11.6 Å². The molecule has 0 bridgehead atoms. The monoisotopic (exact) mass is 344 g/mol. The zero-order chi connectivity index (χ0) is 16.2. The Bertz CT molecular complexity index is 608. The molecule has 1 heterocycles. The molecular formula is C15H21ClN2O3S. The molecule has 1 aliphatic rings. The molecule has 0 unspecified atom stereocenters. The van der Waals surface area contributed by atoms with Crippen LogP contribution in [-0.4, -0.2) is 51.7 Å². The average molecular weight is 345 g/mol. The van der Waals surface area contributed by atoms with Crippen LogP contribution in [0.25, 0.3) is 0 Å². The number of rotatable bonds is 5. The lowest BCUT2D eigenvalue weighted by Gasteiger charge is -2.31. The van der Waals surface area contributed by atoms with Crippen LogP contribution < -0.4 is 5.32 Å². The molecule has 1 aromatic carbocycles. The molecule has 0 aliphatic carbocycles. The average Bonchev–Trinajstić information content (AvgIpc) is 2.48. The molecule has 1 N–H and O–H groups in total. The lowest BCUT2D eigenvalue weighted by molar-refractivity contribution is -0.129. The van der Waals surface area contributed by atoms with E-state index in [9.17, 15) is 13.2 Å². The van der Waals surface area contributed by atoms with Gasteiger partial charge < -0.3 is 10.2 Å². The molecule has 22 heavy (non-hydrogen) atoms. The van der Waals surface area contributed by atoms with Gasteiger partial charge in [-0.05, 0) is 56.6 Å². The number of halogens is 1. The first-order valence-electron chi connectivity index (χ1n) is 7.33. The topological polar surface area (TPSA) is 66.5 Å². The Morgan fingerprint density at radius 2 is 1.86 bits per heavy atom. The van der Waals surface area contributed by atoms with Crippen molar-refractivity contribution in [3.63, 3.8) is 0 Å². The molecular weight excluding hydrogens is 324 g/mol. The third-order valence-corrected chi connectivity index (χ3v) is 5.82. The van der Waals surface area contributed by atoms with Crippen molar-refractivity contribution in [1.82, 2.24) is 10.2 Å². The van der Waals surface area contributed by atoms with Crippen LogP contribution in [0.3, 0.4) is 0 Å². The summed E-state index contributed by atoms with van der Waals surface area (Å²) in [5.41, 5.74) is 0. The van der Waals surface area contributed by atoms with E-state index in [-0.39, 0.29) is 10.8 Å². The molecule has 0 atom stereocenters. The van der Waals surface area contributed by atoms with Crippen LogP contribution in [0.4, 0.5) is 0 Å². The van der Waals surface area contributed by atoms with Crippen LogP contribution in [0.2, 0.25) is 5.02 Å². The minimum absolute atomic E-state index is 0.135. The molecule has 1 saturated heterocycles. The predicted octanol–water partition coefficient (Wildman–Crippen LogP) is 1.57. The number of carbonyl (C=O) groups is 1. The summed E-state index contributed by atoms with van der Waals surface area (Å²) in [6.45, 7) is 2.19. The molecule has 0 saturated carbocycles. The predicted molar refractivity (Wildman–Crippen MR) is 86.7 cm³/mol. The largest absolute Gasteiger partial charge is 0.342 e. The number of hydrogen-bond acceptors (Lipinski definition) is 4. The summed E-state index contributed by atoms with van der Waals surface area (Å²) in [6, 6.07) is 5.90. The number of carbonyl (C=O) groups excluding carboxylic acids is 1. The zero-order valence-electron chi connectivity index (χ0n) is 12.6. The molecule has 0 spiro atoms. The fourth-order valence-electron chi connectivity index (χ4n) is 2.65. The number of hydrogen-bond donors (Lipinski definition) is 1. The molecule has 2 rings (SSSR count). The molecule has 1 aliphatic heterocycles. The van der Waals surface area contributed by atoms with Gasteiger partial charge in [-0.2, -0.15) is 0 Å². The summed E-state index contributed by atoms with van der Waals surface area (Å²) >= 11 is 5.75. The first kappa shape index (κ1) is 17.2. The van der Waals surface area contributed by atoms with Gasteiger partial charge in [0.25, 0.3) is 0 Å². The van der Waals surface area contributed by atoms with Crippen LogP contribution in [-0.2, 0) is 14.6 Å². The van der Waals surface area contributed by atoms with Gasteiger partial charge in [0.05, 0.1) is 4.90 Å². The number of nitrogens with zero attached hydrogens (tertiary/aromatic N) is 1. The van der Waals surface area contributed by atoms with E-state index in [1.54, 1.807) is 4.90 Å². The minimum atomic E-state index is -3.61. The summed E-state index contributed by atoms with van der Waals surface area (Å²) in [6.07, 6.45) is 1.82. The van der Waals surface area contributed by atoms with Gasteiger partial charge in [-0.15, -0.1) is 0 Å². The molecule has 122 valence electrons. The van der Waals surface area contributed by atoms with Crippen molar-refractivity contribution in [2.45, 2.75) is 17.7 Å². The second-order valence-electron chi connectivity index (χ2n) is 5.59. The number of likely N-dealkylation sites (tertiary alicyclic amines) is 1. The number of amides is 1. The van der Waals surface area contributed by atoms with E-state index >= 15 is 0 Å². The quantitative estimate of drug-likeness (QED) is 0.880. The van der Waals surface area contributed by atoms with Gasteiger partial charge in [0.15, 0.2) is 9.84 Å². The van der Waals surface area contributed by atoms with E-state index in [0.29, 0.717) is 24.0 Å². The van der Waals surface area contributed by atoms with Gasteiger partial charge in [0.2, 0.25) is 5.91 Å². The number of nitrogens with one attached hydrogen (secondary N) is 1. The summed E-state index contributed by atoms with van der Waals surface area (Å²) in [7, 11) is -1.70. The van der Waals surface area contributed by atoms with Gasteiger partial charge in [0.1, 0.15) is 5.75 Å². The van der Waals surface area contributed by atoms with E-state index in [2.05, 4.69) is 5.32 Å². The van der Waals surface area contributed by atoms with Crippen LogP contribution >= 0.6 is 11.6 Å². The summed E-state index contributed by atoms with van der Waals surface area (Å²) in [4.78, 5) is 14.0. The smallest absolute Gasteiger partial charge is 0.238 e. The van der Waals surface area contributed by atoms with Crippen molar-refractivity contribution in [3.05, 3.63) is 29.3 Å². The highest BCUT2D eigenvalue weighted by Gasteiger charge is 2.26. The van der Waals surface area contributed by atoms with E-state index in [4.69, 9.17) is 11.6 Å². The number of benzene rings is 1. The Morgan fingerprint density at radius 1 is 1.27 bits per heavy atom. The number of piperidine rings is 1. The SMILES string of the molecule is CNCC1CCN(C(=O)CS(=O)(=O)c2ccc(Cl)cc2)CC1. The Kier molecular flexibility index (Phi) is 5.83. The van der Waals surface area contributed by atoms with Gasteiger partial charge in [-0.25, -0.2) is 8.42 Å². The molecule has 0 aromatic heterocycles. The third kappa shape index (κ3) is 4.44. The lowest BCUT2D eigenvalue weighted by atomic mass is 9.97. The van der Waals surface area contributed by atoms with Crippen LogP contribution in [0.1, 0.15) is 12.8 Å². The number of sulfone groups is 1. The molecule has 7 heteroatoms. The van der Waals surface area contributed by atoms with Crippen LogP contribution in [0.15, 0.2) is 29.2 Å². The fourth-order valence-corrected chi connectivity index (χ4v) is 4.01. The molecule has 1 aromatic rings. The van der Waals surface area contributed by atoms with Crippen molar-refractivity contribution >= 4 is 27.3 Å². The maximum absolute atomic E-state index is 12.3. The Hall–Kier alpha value is -1.11. The van der Waals surface area contributed by atoms with Crippen molar-refractivity contribution in [1.29, 1.82) is 0 Å². The molecule has 0 radical (unpaired) electrons. The van der Waals surface area contributed by atoms with Crippen molar-refractivity contribution in [2.75, 3.05) is 32.4 Å². The minimum Gasteiger partial charge on any atom is -0.342 e. The maximum atomic E-state index is 12.3. The Balaban J connectivity index is 1.95. The second-order valence-corrected chi connectivity index (χ2v) is 8.02. The summed E-state index contributed by atoms with van der Waals surface area (Å²) in [5, 5.41) is 3.60. The lowest BCUT2D eigenvalue weighted by Crippen LogP contribution is -2.42. The summed E-state index contributed by atoms with van der Waals surface area (Å²) in [5.74, 6) is -0.245. The second kappa shape index (κ2) is 7.44. The van der Waals surface area contributed by atoms with E-state index < -0.39 is 15.6 Å². The van der Waals surface area contributed by atoms with Crippen molar-refractivity contribution < 1.29 is 13.2 Å². The van der Waals surface area contributed by atoms with Gasteiger partial charge >= 0.3 is 0 Å². The van der Waals surface area contributed by atoms with E-state index in [1.807, 2.05) is 7.05 Å². The highest BCUT2D eigenvalue weighted by molar-refractivity contribution is 7.92. The van der Waals surface area contributed by atoms with Crippen molar-refractivity contribution in [2.24, 2.45) is 5.92 Å². The van der Waals surface area contributed by atoms with E-state index in [1.165, 1.54) is 24.3 Å². The van der Waals surface area contributed by atoms with Crippen LogP contribution in [0, 0.1) is 5.92 Å². The first-order valence-corrected chi connectivity index (χ1v) is 9.36. The highest BCUT2D eigenvalue weighted by atomic mass is 35.5. The highest BCUT2D eigenvalue weighted by Crippen LogP contribution is 2.19. The maximum Gasteiger partial charge on any atom is 0.238 e. The van der Waals surface area contributed by atoms with Gasteiger partial charge in [-0.3, -0.25) is 4.79 Å². The molecule has 5 nitrogen and oxygen atoms in total. The Labute approximate surface area is 136 Å². The van der Waals surface area contributed by atoms with E-state index in [0.717, 1.165) is 19.4 Å². The molecule has 1 fully saturated rings. The standard InChI is InChI=1S/C15H21ClN2O3S/c1-17-10-12-6-8-18(9-7-12)15(19)11-22(20,21)14-4-2-13(16)3-5-14/h2-5,12,17H,6-11H2,1H3. The first-order chi connectivity index (χ1) is 10.4. The normalized spacial score (nSPS) is 16.7. The van der Waals surface area contributed by atoms with Crippen LogP contribution in [0.5, 0.6) is 0 Å². The third-order valence-electron chi connectivity index (χ3n) is 3.95. The fraction of sp³-hybridized carbons (Fsp3) is 0.533. The summed E-state index contributed by atoms with van der Waals surface area (Å²) < 4.78 is 24.5. The zero-order valence-corrected chi connectivity index (χ0v) is 14.2. The Morgan fingerprint density at radius 3 is 2.41 bits per heavy atom. The van der Waals surface area contributed by atoms with Gasteiger partial charge in [0, 0.05) is 18.1 Å². The molecule has 1 amide bonds.